The molecule has 2 heterocycles. The van der Waals surface area contributed by atoms with E-state index in [1.165, 1.54) is 6.92 Å². The van der Waals surface area contributed by atoms with E-state index in [-0.39, 0.29) is 11.8 Å². The van der Waals surface area contributed by atoms with Crippen molar-refractivity contribution in [3.05, 3.63) is 51.5 Å². The van der Waals surface area contributed by atoms with Crippen molar-refractivity contribution >= 4 is 23.2 Å². The molecule has 1 aliphatic heterocycles. The molecule has 0 fully saturated rings. The maximum atomic E-state index is 12.6. The zero-order valence-electron chi connectivity index (χ0n) is 13.9. The topological polar surface area (TPSA) is 62.3 Å². The van der Waals surface area contributed by atoms with Crippen molar-refractivity contribution in [1.82, 2.24) is 15.2 Å². The molecule has 24 heavy (non-hydrogen) atoms. The van der Waals surface area contributed by atoms with Crippen LogP contribution in [0.4, 0.5) is 0 Å². The van der Waals surface area contributed by atoms with Crippen molar-refractivity contribution in [1.29, 1.82) is 0 Å². The third kappa shape index (κ3) is 3.64. The number of fused-ring (bicyclic) bond motifs is 1. The molecular weight excluding hydrogens is 322 g/mol. The molecule has 126 valence electrons. The number of carbonyl (C=O) groups is 2. The molecule has 5 nitrogen and oxygen atoms in total. The van der Waals surface area contributed by atoms with Gasteiger partial charge in [0, 0.05) is 38.2 Å². The summed E-state index contributed by atoms with van der Waals surface area (Å²) in [5.74, 6) is -0.161. The van der Waals surface area contributed by atoms with E-state index < -0.39 is 6.04 Å². The van der Waals surface area contributed by atoms with Crippen LogP contribution in [0.1, 0.15) is 28.8 Å². The van der Waals surface area contributed by atoms with Gasteiger partial charge >= 0.3 is 0 Å². The molecule has 0 radical (unpaired) electrons. The molecule has 6 heteroatoms. The van der Waals surface area contributed by atoms with Gasteiger partial charge in [0.25, 0.3) is 0 Å². The fraction of sp³-hybridized carbons (Fsp3) is 0.389. The van der Waals surface area contributed by atoms with Crippen molar-refractivity contribution in [2.75, 3.05) is 6.54 Å². The number of aromatic nitrogens is 1. The van der Waals surface area contributed by atoms with Gasteiger partial charge in [0.1, 0.15) is 6.04 Å². The van der Waals surface area contributed by atoms with Gasteiger partial charge < -0.3 is 10.2 Å². The first-order chi connectivity index (χ1) is 11.5. The molecule has 1 aromatic carbocycles. The Bertz CT molecular complexity index is 756. The van der Waals surface area contributed by atoms with Gasteiger partial charge in [-0.25, -0.2) is 4.98 Å². The minimum absolute atomic E-state index is 0.0696. The van der Waals surface area contributed by atoms with Crippen LogP contribution in [0, 0.1) is 6.92 Å². The van der Waals surface area contributed by atoms with E-state index in [1.807, 2.05) is 36.6 Å². The molecule has 1 N–H and O–H groups in total. The predicted molar refractivity (Wildman–Crippen MR) is 93.7 cm³/mol. The minimum Gasteiger partial charge on any atom is -0.354 e. The molecule has 2 amide bonds. The van der Waals surface area contributed by atoms with Crippen LogP contribution in [-0.2, 0) is 29.0 Å². The van der Waals surface area contributed by atoms with Crippen LogP contribution in [-0.4, -0.2) is 34.3 Å². The summed E-state index contributed by atoms with van der Waals surface area (Å²) in [6.45, 7) is 4.52. The van der Waals surface area contributed by atoms with E-state index in [2.05, 4.69) is 10.3 Å². The van der Waals surface area contributed by atoms with Crippen LogP contribution in [0.3, 0.4) is 0 Å². The monoisotopic (exact) mass is 343 g/mol. The first kappa shape index (κ1) is 16.6. The SMILES string of the molecule is CC(=O)N1Cc2ccccc2C[C@H]1C(=O)NCCc1csc(C)n1. The molecule has 1 aliphatic rings. The molecule has 3 rings (SSSR count). The second-order valence-corrected chi connectivity index (χ2v) is 7.10. The second kappa shape index (κ2) is 7.13. The highest BCUT2D eigenvalue weighted by Crippen LogP contribution is 2.23. The lowest BCUT2D eigenvalue weighted by atomic mass is 9.93. The number of nitrogens with zero attached hydrogens (tertiary/aromatic N) is 2. The Kier molecular flexibility index (Phi) is 4.94. The summed E-state index contributed by atoms with van der Waals surface area (Å²) in [7, 11) is 0. The summed E-state index contributed by atoms with van der Waals surface area (Å²) in [6.07, 6.45) is 1.27. The van der Waals surface area contributed by atoms with Crippen molar-refractivity contribution in [3.63, 3.8) is 0 Å². The van der Waals surface area contributed by atoms with Gasteiger partial charge in [-0.1, -0.05) is 24.3 Å². The van der Waals surface area contributed by atoms with Crippen molar-refractivity contribution < 1.29 is 9.59 Å². The van der Waals surface area contributed by atoms with Crippen LogP contribution < -0.4 is 5.32 Å². The van der Waals surface area contributed by atoms with Crippen molar-refractivity contribution in [2.24, 2.45) is 0 Å². The Labute approximate surface area is 145 Å². The van der Waals surface area contributed by atoms with E-state index in [1.54, 1.807) is 16.2 Å². The number of hydrogen-bond donors (Lipinski definition) is 1. The summed E-state index contributed by atoms with van der Waals surface area (Å²) in [5.41, 5.74) is 3.26. The Morgan fingerprint density at radius 1 is 1.33 bits per heavy atom. The van der Waals surface area contributed by atoms with Crippen molar-refractivity contribution in [2.45, 2.75) is 39.3 Å². The first-order valence-electron chi connectivity index (χ1n) is 8.07. The van der Waals surface area contributed by atoms with E-state index in [0.717, 1.165) is 21.8 Å². The number of carbonyl (C=O) groups excluding carboxylic acids is 2. The van der Waals surface area contributed by atoms with Gasteiger partial charge in [0.15, 0.2) is 0 Å². The van der Waals surface area contributed by atoms with E-state index >= 15 is 0 Å². The molecular formula is C18H21N3O2S. The molecule has 2 aromatic rings. The number of aryl methyl sites for hydroxylation is 1. The lowest BCUT2D eigenvalue weighted by molar-refractivity contribution is -0.140. The van der Waals surface area contributed by atoms with E-state index in [4.69, 9.17) is 0 Å². The smallest absolute Gasteiger partial charge is 0.243 e. The van der Waals surface area contributed by atoms with Gasteiger partial charge in [-0.3, -0.25) is 9.59 Å². The Morgan fingerprint density at radius 2 is 2.08 bits per heavy atom. The summed E-state index contributed by atoms with van der Waals surface area (Å²) >= 11 is 1.61. The molecule has 0 saturated heterocycles. The maximum absolute atomic E-state index is 12.6. The molecule has 0 spiro atoms. The van der Waals surface area contributed by atoms with Crippen LogP contribution in [0.25, 0.3) is 0 Å². The number of benzene rings is 1. The second-order valence-electron chi connectivity index (χ2n) is 6.03. The summed E-state index contributed by atoms with van der Waals surface area (Å²) < 4.78 is 0. The fourth-order valence-corrected chi connectivity index (χ4v) is 3.69. The number of hydrogen-bond acceptors (Lipinski definition) is 4. The van der Waals surface area contributed by atoms with E-state index in [0.29, 0.717) is 25.9 Å². The Hall–Kier alpha value is -2.21. The Morgan fingerprint density at radius 3 is 2.75 bits per heavy atom. The molecule has 0 bridgehead atoms. The van der Waals surface area contributed by atoms with Crippen molar-refractivity contribution in [3.8, 4) is 0 Å². The van der Waals surface area contributed by atoms with E-state index in [9.17, 15) is 9.59 Å². The predicted octanol–water partition coefficient (Wildman–Crippen LogP) is 2.08. The highest BCUT2D eigenvalue weighted by molar-refractivity contribution is 7.09. The third-order valence-electron chi connectivity index (χ3n) is 4.30. The lowest BCUT2D eigenvalue weighted by Crippen LogP contribution is -2.52. The fourth-order valence-electron chi connectivity index (χ4n) is 3.04. The standard InChI is InChI=1S/C18H21N3O2S/c1-12-20-16(11-24-12)7-8-19-18(23)17-9-14-5-3-4-6-15(14)10-21(17)13(2)22/h3-6,11,17H,7-10H2,1-2H3,(H,19,23)/t17-/m0/s1. The molecule has 0 saturated carbocycles. The lowest BCUT2D eigenvalue weighted by Gasteiger charge is -2.35. The zero-order valence-corrected chi connectivity index (χ0v) is 14.7. The quantitative estimate of drug-likeness (QED) is 0.924. The molecule has 1 aromatic heterocycles. The van der Waals surface area contributed by atoms with Crippen LogP contribution in [0.15, 0.2) is 29.6 Å². The minimum atomic E-state index is -0.436. The zero-order chi connectivity index (χ0) is 17.1. The third-order valence-corrected chi connectivity index (χ3v) is 5.12. The highest BCUT2D eigenvalue weighted by atomic mass is 32.1. The molecule has 1 atom stereocenters. The first-order valence-corrected chi connectivity index (χ1v) is 8.95. The van der Waals surface area contributed by atoms with Gasteiger partial charge in [-0.15, -0.1) is 11.3 Å². The Balaban J connectivity index is 1.64. The van der Waals surface area contributed by atoms with Gasteiger partial charge in [-0.2, -0.15) is 0 Å². The normalized spacial score (nSPS) is 16.6. The van der Waals surface area contributed by atoms with Gasteiger partial charge in [0.05, 0.1) is 10.7 Å². The van der Waals surface area contributed by atoms with Crippen LogP contribution in [0.5, 0.6) is 0 Å². The number of thiazole rings is 1. The molecule has 0 aliphatic carbocycles. The summed E-state index contributed by atoms with van der Waals surface area (Å²) in [5, 5.41) is 6.00. The molecule has 0 unspecified atom stereocenters. The largest absolute Gasteiger partial charge is 0.354 e. The maximum Gasteiger partial charge on any atom is 0.243 e. The average molecular weight is 343 g/mol. The number of rotatable bonds is 4. The number of nitrogens with one attached hydrogen (secondary N) is 1. The van der Waals surface area contributed by atoms with Gasteiger partial charge in [0.2, 0.25) is 11.8 Å². The van der Waals surface area contributed by atoms with Crippen LogP contribution in [0.2, 0.25) is 0 Å². The number of amides is 2. The van der Waals surface area contributed by atoms with Gasteiger partial charge in [-0.05, 0) is 18.1 Å². The van der Waals surface area contributed by atoms with Crippen LogP contribution >= 0.6 is 11.3 Å². The summed E-state index contributed by atoms with van der Waals surface area (Å²) in [4.78, 5) is 30.6. The highest BCUT2D eigenvalue weighted by Gasteiger charge is 2.32. The average Bonchev–Trinajstić information content (AvgIpc) is 2.98. The summed E-state index contributed by atoms with van der Waals surface area (Å²) in [6, 6.07) is 7.55.